The van der Waals surface area contributed by atoms with Crippen molar-refractivity contribution in [3.63, 3.8) is 0 Å². The summed E-state index contributed by atoms with van der Waals surface area (Å²) in [5.41, 5.74) is 0. The molecule has 2 aliphatic heterocycles. The molecule has 0 aliphatic carbocycles. The monoisotopic (exact) mass is 268 g/mol. The Morgan fingerprint density at radius 2 is 2.32 bits per heavy atom. The van der Waals surface area contributed by atoms with Crippen LogP contribution in [0.25, 0.3) is 0 Å². The lowest BCUT2D eigenvalue weighted by Crippen LogP contribution is -2.37. The van der Waals surface area contributed by atoms with Crippen molar-refractivity contribution < 1.29 is 14.3 Å². The summed E-state index contributed by atoms with van der Waals surface area (Å²) in [7, 11) is 0. The fourth-order valence-electron chi connectivity index (χ4n) is 2.73. The zero-order chi connectivity index (χ0) is 13.8. The van der Waals surface area contributed by atoms with E-state index in [1.807, 2.05) is 0 Å². The molecular formula is C14H24N2O3. The van der Waals surface area contributed by atoms with Crippen molar-refractivity contribution in [3.05, 3.63) is 0 Å². The number of carbonyl (C=O) groups excluding carboxylic acids is 2. The van der Waals surface area contributed by atoms with E-state index in [1.165, 1.54) is 0 Å². The molecule has 0 aromatic heterocycles. The lowest BCUT2D eigenvalue weighted by Gasteiger charge is -2.19. The van der Waals surface area contributed by atoms with Gasteiger partial charge in [0, 0.05) is 32.7 Å². The summed E-state index contributed by atoms with van der Waals surface area (Å²) >= 11 is 0. The number of amides is 2. The smallest absolute Gasteiger partial charge is 0.225 e. The predicted octanol–water partition coefficient (Wildman–Crippen LogP) is 0.786. The molecule has 2 amide bonds. The number of likely N-dealkylation sites (tertiary alicyclic amines) is 1. The second-order valence-electron chi connectivity index (χ2n) is 5.97. The maximum absolute atomic E-state index is 12.0. The Balaban J connectivity index is 1.75. The molecule has 19 heavy (non-hydrogen) atoms. The highest BCUT2D eigenvalue weighted by atomic mass is 16.5. The van der Waals surface area contributed by atoms with Gasteiger partial charge in [-0.2, -0.15) is 0 Å². The zero-order valence-electron chi connectivity index (χ0n) is 11.9. The van der Waals surface area contributed by atoms with Crippen molar-refractivity contribution in [2.24, 2.45) is 11.8 Å². The quantitative estimate of drug-likeness (QED) is 0.802. The summed E-state index contributed by atoms with van der Waals surface area (Å²) < 4.78 is 5.47. The Labute approximate surface area is 114 Å². The van der Waals surface area contributed by atoms with Gasteiger partial charge in [0.2, 0.25) is 11.8 Å². The van der Waals surface area contributed by atoms with Crippen LogP contribution in [0.5, 0.6) is 0 Å². The van der Waals surface area contributed by atoms with Crippen LogP contribution in [0.3, 0.4) is 0 Å². The molecule has 5 heteroatoms. The Hall–Kier alpha value is -1.10. The predicted molar refractivity (Wildman–Crippen MR) is 71.5 cm³/mol. The van der Waals surface area contributed by atoms with E-state index in [-0.39, 0.29) is 23.8 Å². The highest BCUT2D eigenvalue weighted by molar-refractivity contribution is 5.89. The molecule has 2 unspecified atom stereocenters. The van der Waals surface area contributed by atoms with Gasteiger partial charge in [0.1, 0.15) is 0 Å². The number of nitrogens with zero attached hydrogens (tertiary/aromatic N) is 1. The third-order valence-electron chi connectivity index (χ3n) is 3.70. The first-order valence-corrected chi connectivity index (χ1v) is 7.23. The molecule has 0 saturated carbocycles. The molecule has 0 bridgehead atoms. The first-order chi connectivity index (χ1) is 9.06. The van der Waals surface area contributed by atoms with E-state index < -0.39 is 0 Å². The number of hydrogen-bond acceptors (Lipinski definition) is 3. The van der Waals surface area contributed by atoms with Crippen LogP contribution in [0.15, 0.2) is 0 Å². The van der Waals surface area contributed by atoms with Gasteiger partial charge < -0.3 is 15.0 Å². The molecule has 0 radical (unpaired) electrons. The van der Waals surface area contributed by atoms with Crippen LogP contribution in [0.4, 0.5) is 0 Å². The lowest BCUT2D eigenvalue weighted by atomic mass is 10.1. The fourth-order valence-corrected chi connectivity index (χ4v) is 2.73. The van der Waals surface area contributed by atoms with Crippen molar-refractivity contribution >= 4 is 11.8 Å². The van der Waals surface area contributed by atoms with Crippen LogP contribution < -0.4 is 5.32 Å². The van der Waals surface area contributed by atoms with E-state index in [0.29, 0.717) is 25.4 Å². The number of rotatable bonds is 5. The number of hydrogen-bond donors (Lipinski definition) is 1. The van der Waals surface area contributed by atoms with Crippen molar-refractivity contribution in [2.45, 2.75) is 39.2 Å². The SMILES string of the molecule is CC(C)CN1CC(C(=O)NCC2CCCO2)CC1=O. The van der Waals surface area contributed by atoms with Gasteiger partial charge in [-0.15, -0.1) is 0 Å². The van der Waals surface area contributed by atoms with Gasteiger partial charge in [-0.05, 0) is 18.8 Å². The molecular weight excluding hydrogens is 244 g/mol. The van der Waals surface area contributed by atoms with Gasteiger partial charge in [-0.1, -0.05) is 13.8 Å². The maximum atomic E-state index is 12.0. The van der Waals surface area contributed by atoms with Crippen molar-refractivity contribution in [2.75, 3.05) is 26.2 Å². The first-order valence-electron chi connectivity index (χ1n) is 7.23. The van der Waals surface area contributed by atoms with E-state index >= 15 is 0 Å². The summed E-state index contributed by atoms with van der Waals surface area (Å²) in [6.07, 6.45) is 2.60. The Morgan fingerprint density at radius 1 is 1.53 bits per heavy atom. The Kier molecular flexibility index (Phi) is 4.80. The van der Waals surface area contributed by atoms with Gasteiger partial charge in [-0.25, -0.2) is 0 Å². The van der Waals surface area contributed by atoms with E-state index in [4.69, 9.17) is 4.74 Å². The maximum Gasteiger partial charge on any atom is 0.225 e. The van der Waals surface area contributed by atoms with E-state index in [1.54, 1.807) is 4.90 Å². The van der Waals surface area contributed by atoms with Crippen molar-refractivity contribution in [1.29, 1.82) is 0 Å². The van der Waals surface area contributed by atoms with E-state index in [9.17, 15) is 9.59 Å². The van der Waals surface area contributed by atoms with Crippen LogP contribution in [0, 0.1) is 11.8 Å². The molecule has 2 aliphatic rings. The second-order valence-corrected chi connectivity index (χ2v) is 5.97. The molecule has 2 atom stereocenters. The standard InChI is InChI=1S/C14H24N2O3/c1-10(2)8-16-9-11(6-13(16)17)14(18)15-7-12-4-3-5-19-12/h10-12H,3-9H2,1-2H3,(H,15,18). The molecule has 1 N–H and O–H groups in total. The largest absolute Gasteiger partial charge is 0.376 e. The van der Waals surface area contributed by atoms with Gasteiger partial charge in [0.25, 0.3) is 0 Å². The van der Waals surface area contributed by atoms with Crippen LogP contribution in [-0.2, 0) is 14.3 Å². The minimum Gasteiger partial charge on any atom is -0.376 e. The Bertz CT molecular complexity index is 338. The average molecular weight is 268 g/mol. The average Bonchev–Trinajstić information content (AvgIpc) is 2.96. The molecule has 0 aromatic rings. The van der Waals surface area contributed by atoms with E-state index in [0.717, 1.165) is 26.0 Å². The van der Waals surface area contributed by atoms with Crippen LogP contribution >= 0.6 is 0 Å². The van der Waals surface area contributed by atoms with Gasteiger partial charge >= 0.3 is 0 Å². The fraction of sp³-hybridized carbons (Fsp3) is 0.857. The topological polar surface area (TPSA) is 58.6 Å². The molecule has 2 rings (SSSR count). The zero-order valence-corrected chi connectivity index (χ0v) is 11.9. The third-order valence-corrected chi connectivity index (χ3v) is 3.70. The molecule has 2 heterocycles. The number of carbonyl (C=O) groups is 2. The summed E-state index contributed by atoms with van der Waals surface area (Å²) in [6, 6.07) is 0. The molecule has 0 aromatic carbocycles. The third kappa shape index (κ3) is 3.93. The minimum absolute atomic E-state index is 0.00453. The number of ether oxygens (including phenoxy) is 1. The second kappa shape index (κ2) is 6.37. The summed E-state index contributed by atoms with van der Waals surface area (Å²) in [6.45, 7) is 6.84. The molecule has 5 nitrogen and oxygen atoms in total. The Morgan fingerprint density at radius 3 is 2.95 bits per heavy atom. The molecule has 0 spiro atoms. The highest BCUT2D eigenvalue weighted by Crippen LogP contribution is 2.19. The van der Waals surface area contributed by atoms with Crippen molar-refractivity contribution in [1.82, 2.24) is 10.2 Å². The van der Waals surface area contributed by atoms with Crippen LogP contribution in [-0.4, -0.2) is 49.1 Å². The highest BCUT2D eigenvalue weighted by Gasteiger charge is 2.34. The molecule has 2 saturated heterocycles. The summed E-state index contributed by atoms with van der Waals surface area (Å²) in [5, 5.41) is 2.92. The molecule has 108 valence electrons. The van der Waals surface area contributed by atoms with Gasteiger partial charge in [-0.3, -0.25) is 9.59 Å². The summed E-state index contributed by atoms with van der Waals surface area (Å²) in [4.78, 5) is 25.6. The van der Waals surface area contributed by atoms with Crippen molar-refractivity contribution in [3.8, 4) is 0 Å². The van der Waals surface area contributed by atoms with Gasteiger partial charge in [0.15, 0.2) is 0 Å². The normalized spacial score (nSPS) is 27.3. The van der Waals surface area contributed by atoms with E-state index in [2.05, 4.69) is 19.2 Å². The summed E-state index contributed by atoms with van der Waals surface area (Å²) in [5.74, 6) is 0.353. The first kappa shape index (κ1) is 14.3. The van der Waals surface area contributed by atoms with Crippen LogP contribution in [0.1, 0.15) is 33.1 Å². The lowest BCUT2D eigenvalue weighted by molar-refractivity contribution is -0.129. The van der Waals surface area contributed by atoms with Crippen LogP contribution in [0.2, 0.25) is 0 Å². The minimum atomic E-state index is -0.187. The number of nitrogens with one attached hydrogen (secondary N) is 1. The van der Waals surface area contributed by atoms with Gasteiger partial charge in [0.05, 0.1) is 12.0 Å². The molecule has 2 fully saturated rings.